The molecule has 5 atom stereocenters. The number of fused-ring (bicyclic) bond motifs is 1. The van der Waals surface area contributed by atoms with Crippen molar-refractivity contribution in [2.45, 2.75) is 36.5 Å². The fourth-order valence-corrected chi connectivity index (χ4v) is 6.28. The number of anilines is 1. The highest BCUT2D eigenvalue weighted by molar-refractivity contribution is 5.83. The fourth-order valence-electron chi connectivity index (χ4n) is 6.28. The van der Waals surface area contributed by atoms with Crippen LogP contribution in [0.5, 0.6) is 11.5 Å². The van der Waals surface area contributed by atoms with Gasteiger partial charge in [-0.25, -0.2) is 0 Å². The third-order valence-corrected chi connectivity index (χ3v) is 7.73. The Labute approximate surface area is 187 Å². The number of nitrogens with zero attached hydrogens (tertiary/aromatic N) is 2. The van der Waals surface area contributed by atoms with Gasteiger partial charge in [0.1, 0.15) is 12.2 Å². The lowest BCUT2D eigenvalue weighted by Gasteiger charge is -2.56. The Balaban J connectivity index is 0.000000150. The highest BCUT2D eigenvalue weighted by Crippen LogP contribution is 2.62. The SMILES string of the molecule is C1=Cc2ccccc2NN=C1.CN1CC[C@]23c4c5ccc(O)c4O[C@H]2[C@@H](O)C=C[C@H]3[C@H]1C5. The second-order valence-electron chi connectivity index (χ2n) is 9.27. The number of aliphatic hydroxyl groups is 1. The van der Waals surface area contributed by atoms with Gasteiger partial charge in [-0.15, -0.1) is 0 Å². The molecule has 0 saturated carbocycles. The van der Waals surface area contributed by atoms with E-state index in [9.17, 15) is 10.2 Å². The predicted octanol–water partition coefficient (Wildman–Crippen LogP) is 3.31. The molecule has 6 heteroatoms. The lowest BCUT2D eigenvalue weighted by Crippen LogP contribution is -2.64. The molecule has 2 bridgehead atoms. The number of phenols is 1. The number of likely N-dealkylation sites (tertiary alicyclic amines) is 1. The maximum Gasteiger partial charge on any atom is 0.165 e. The first-order valence-corrected chi connectivity index (χ1v) is 11.2. The zero-order valence-electron chi connectivity index (χ0n) is 18.0. The van der Waals surface area contributed by atoms with Crippen LogP contribution in [0.25, 0.3) is 6.08 Å². The lowest BCUT2D eigenvalue weighted by atomic mass is 9.53. The molecule has 1 fully saturated rings. The normalized spacial score (nSPS) is 32.6. The van der Waals surface area contributed by atoms with Gasteiger partial charge in [0.15, 0.2) is 11.5 Å². The summed E-state index contributed by atoms with van der Waals surface area (Å²) in [5, 5.41) is 24.6. The number of ether oxygens (including phenoxy) is 1. The number of aliphatic hydroxyl groups excluding tert-OH is 1. The van der Waals surface area contributed by atoms with Crippen LogP contribution >= 0.6 is 0 Å². The first-order valence-electron chi connectivity index (χ1n) is 11.2. The smallest absolute Gasteiger partial charge is 0.165 e. The second-order valence-corrected chi connectivity index (χ2v) is 9.27. The third-order valence-electron chi connectivity index (χ3n) is 7.73. The third kappa shape index (κ3) is 2.69. The van der Waals surface area contributed by atoms with Crippen LogP contribution in [-0.2, 0) is 11.8 Å². The first kappa shape index (κ1) is 19.6. The summed E-state index contributed by atoms with van der Waals surface area (Å²) in [6, 6.07) is 12.3. The molecule has 164 valence electrons. The van der Waals surface area contributed by atoms with Gasteiger partial charge in [-0.1, -0.05) is 42.5 Å². The Morgan fingerprint density at radius 2 is 2.06 bits per heavy atom. The van der Waals surface area contributed by atoms with E-state index >= 15 is 0 Å². The standard InChI is InChI=1S/C17H19NO3.C9H8N2/c1-18-7-6-17-10-3-5-13(20)16(17)21-15-12(19)4-2-9(14(15)17)8-11(10)18;1-2-6-9-8(4-1)5-3-7-10-11-9/h2-5,10-11,13,16,19-20H,6-8H2,1H3;1-7,11H/t10-,11+,13-,16-,17-;/m0./s1. The molecule has 7 rings (SSSR count). The van der Waals surface area contributed by atoms with Gasteiger partial charge in [-0.05, 0) is 55.8 Å². The van der Waals surface area contributed by atoms with Gasteiger partial charge >= 0.3 is 0 Å². The molecule has 6 nitrogen and oxygen atoms in total. The number of benzene rings is 2. The number of hydrogen-bond donors (Lipinski definition) is 3. The molecule has 0 radical (unpaired) electrons. The van der Waals surface area contributed by atoms with E-state index in [1.165, 1.54) is 16.7 Å². The summed E-state index contributed by atoms with van der Waals surface area (Å²) in [7, 11) is 2.19. The van der Waals surface area contributed by atoms with Crippen molar-refractivity contribution in [3.8, 4) is 11.5 Å². The van der Waals surface area contributed by atoms with E-state index in [1.54, 1.807) is 12.3 Å². The highest BCUT2D eigenvalue weighted by atomic mass is 16.5. The van der Waals surface area contributed by atoms with Crippen LogP contribution in [0.2, 0.25) is 0 Å². The van der Waals surface area contributed by atoms with Crippen molar-refractivity contribution in [1.29, 1.82) is 0 Å². The molecular weight excluding hydrogens is 402 g/mol. The van der Waals surface area contributed by atoms with Crippen LogP contribution in [0, 0.1) is 5.92 Å². The molecule has 0 amide bonds. The molecule has 1 spiro atoms. The number of piperidine rings is 1. The predicted molar refractivity (Wildman–Crippen MR) is 125 cm³/mol. The summed E-state index contributed by atoms with van der Waals surface area (Å²) >= 11 is 0. The van der Waals surface area contributed by atoms with Crippen molar-refractivity contribution in [2.75, 3.05) is 19.0 Å². The maximum absolute atomic E-state index is 10.4. The molecule has 5 aliphatic rings. The second kappa shape index (κ2) is 7.22. The zero-order chi connectivity index (χ0) is 21.9. The van der Waals surface area contributed by atoms with Gasteiger partial charge in [0.05, 0.1) is 5.69 Å². The van der Waals surface area contributed by atoms with Gasteiger partial charge < -0.3 is 19.8 Å². The average molecular weight is 430 g/mol. The van der Waals surface area contributed by atoms with Crippen LogP contribution in [-0.4, -0.2) is 53.2 Å². The fraction of sp³-hybridized carbons (Fsp3) is 0.346. The molecular formula is C26H27N3O3. The number of likely N-dealkylation sites (N-methyl/N-ethyl adjacent to an activating group) is 1. The molecule has 2 aromatic rings. The molecule has 0 aromatic heterocycles. The molecule has 3 heterocycles. The van der Waals surface area contributed by atoms with Crippen LogP contribution in [0.3, 0.4) is 0 Å². The van der Waals surface area contributed by atoms with E-state index in [4.69, 9.17) is 4.74 Å². The Bertz CT molecular complexity index is 1160. The summed E-state index contributed by atoms with van der Waals surface area (Å²) in [5.41, 5.74) is 7.45. The van der Waals surface area contributed by atoms with Crippen molar-refractivity contribution in [3.63, 3.8) is 0 Å². The maximum atomic E-state index is 10.4. The molecule has 0 unspecified atom stereocenters. The van der Waals surface area contributed by atoms with Gasteiger partial charge in [-0.2, -0.15) is 5.10 Å². The van der Waals surface area contributed by atoms with E-state index in [0.717, 1.165) is 25.1 Å². The van der Waals surface area contributed by atoms with Crippen LogP contribution in [0.15, 0.2) is 59.7 Å². The number of aromatic hydroxyl groups is 1. The van der Waals surface area contributed by atoms with E-state index < -0.39 is 6.10 Å². The van der Waals surface area contributed by atoms with Gasteiger partial charge in [0.2, 0.25) is 0 Å². The Hall–Kier alpha value is -3.09. The summed E-state index contributed by atoms with van der Waals surface area (Å²) in [4.78, 5) is 2.43. The Morgan fingerprint density at radius 3 is 2.97 bits per heavy atom. The van der Waals surface area contributed by atoms with Gasteiger partial charge in [-0.3, -0.25) is 5.43 Å². The van der Waals surface area contributed by atoms with Crippen molar-refractivity contribution in [2.24, 2.45) is 11.0 Å². The summed E-state index contributed by atoms with van der Waals surface area (Å²) < 4.78 is 6.09. The molecule has 32 heavy (non-hydrogen) atoms. The van der Waals surface area contributed by atoms with Crippen LogP contribution < -0.4 is 10.2 Å². The molecule has 2 aliphatic carbocycles. The molecule has 3 aliphatic heterocycles. The number of nitrogens with one attached hydrogen (secondary N) is 1. The Morgan fingerprint density at radius 1 is 1.19 bits per heavy atom. The monoisotopic (exact) mass is 429 g/mol. The van der Waals surface area contributed by atoms with E-state index in [1.807, 2.05) is 48.6 Å². The number of hydrogen-bond acceptors (Lipinski definition) is 6. The minimum Gasteiger partial charge on any atom is -0.504 e. The largest absolute Gasteiger partial charge is 0.504 e. The van der Waals surface area contributed by atoms with Crippen molar-refractivity contribution < 1.29 is 14.9 Å². The summed E-state index contributed by atoms with van der Waals surface area (Å²) in [5.74, 6) is 1.19. The van der Waals surface area contributed by atoms with E-state index in [-0.39, 0.29) is 17.3 Å². The van der Waals surface area contributed by atoms with Gasteiger partial charge in [0.25, 0.3) is 0 Å². The number of allylic oxidation sites excluding steroid dienone is 1. The number of phenolic OH excluding ortho intramolecular Hbond substituents is 1. The Kier molecular flexibility index (Phi) is 4.42. The van der Waals surface area contributed by atoms with Gasteiger partial charge in [0, 0.05) is 29.2 Å². The zero-order valence-corrected chi connectivity index (χ0v) is 18.0. The van der Waals surface area contributed by atoms with E-state index in [0.29, 0.717) is 17.7 Å². The van der Waals surface area contributed by atoms with Crippen molar-refractivity contribution >= 4 is 18.0 Å². The summed E-state index contributed by atoms with van der Waals surface area (Å²) in [6.45, 7) is 1.01. The molecule has 2 aromatic carbocycles. The molecule has 1 saturated heterocycles. The minimum absolute atomic E-state index is 0.160. The average Bonchev–Trinajstić information content (AvgIpc) is 2.98. The van der Waals surface area contributed by atoms with Crippen LogP contribution in [0.1, 0.15) is 23.1 Å². The highest BCUT2D eigenvalue weighted by Gasteiger charge is 2.64. The molecule has 3 N–H and O–H groups in total. The van der Waals surface area contributed by atoms with Crippen molar-refractivity contribution in [3.05, 3.63) is 71.3 Å². The van der Waals surface area contributed by atoms with E-state index in [2.05, 4.69) is 28.6 Å². The van der Waals surface area contributed by atoms with Crippen LogP contribution in [0.4, 0.5) is 5.69 Å². The quantitative estimate of drug-likeness (QED) is 0.560. The first-order chi connectivity index (χ1) is 15.6. The number of rotatable bonds is 0. The minimum atomic E-state index is -0.594. The van der Waals surface area contributed by atoms with Crippen molar-refractivity contribution in [1.82, 2.24) is 4.90 Å². The number of hydrazone groups is 1. The summed E-state index contributed by atoms with van der Waals surface area (Å²) in [6.07, 6.45) is 10.9. The topological polar surface area (TPSA) is 77.3 Å². The number of para-hydroxylation sites is 1. The lowest BCUT2D eigenvalue weighted by molar-refractivity contribution is -0.0453.